The molecule has 1 saturated heterocycles. The summed E-state index contributed by atoms with van der Waals surface area (Å²) in [7, 11) is 0. The van der Waals surface area contributed by atoms with Gasteiger partial charge in [-0.2, -0.15) is 0 Å². The zero-order chi connectivity index (χ0) is 22.2. The molecule has 0 aliphatic carbocycles. The molecule has 3 rings (SSSR count). The summed E-state index contributed by atoms with van der Waals surface area (Å²) in [6.07, 6.45) is 3.04. The Morgan fingerprint density at radius 1 is 1.13 bits per heavy atom. The predicted molar refractivity (Wildman–Crippen MR) is 128 cm³/mol. The van der Waals surface area contributed by atoms with Crippen LogP contribution in [0.2, 0.25) is 0 Å². The molecular weight excluding hydrogens is 398 g/mol. The van der Waals surface area contributed by atoms with Gasteiger partial charge in [0.2, 0.25) is 0 Å². The number of anilines is 1. The Kier molecular flexibility index (Phi) is 13.6. The lowest BCUT2D eigenvalue weighted by Crippen LogP contribution is -2.37. The van der Waals surface area contributed by atoms with E-state index in [1.54, 1.807) is 23.9 Å². The number of hydrogen-bond acceptors (Lipinski definition) is 6. The van der Waals surface area contributed by atoms with Crippen molar-refractivity contribution in [3.63, 3.8) is 0 Å². The fourth-order valence-electron chi connectivity index (χ4n) is 2.85. The van der Waals surface area contributed by atoms with E-state index < -0.39 is 0 Å². The molecule has 166 valence electrons. The fraction of sp³-hybridized carbons (Fsp3) is 0.478. The molecule has 0 saturated carbocycles. The van der Waals surface area contributed by atoms with Gasteiger partial charge in [-0.05, 0) is 49.9 Å². The fourth-order valence-corrected chi connectivity index (χ4v) is 3.28. The molecule has 1 aliphatic heterocycles. The van der Waals surface area contributed by atoms with E-state index in [4.69, 9.17) is 4.74 Å². The van der Waals surface area contributed by atoms with Crippen molar-refractivity contribution >= 4 is 23.1 Å². The van der Waals surface area contributed by atoms with E-state index in [1.807, 2.05) is 45.0 Å². The van der Waals surface area contributed by atoms with Crippen molar-refractivity contribution in [1.82, 2.24) is 4.90 Å². The van der Waals surface area contributed by atoms with Gasteiger partial charge in [0.25, 0.3) is 5.69 Å². The Morgan fingerprint density at radius 2 is 1.80 bits per heavy atom. The molecule has 2 aromatic rings. The molecule has 0 amide bonds. The topological polar surface area (TPSA) is 67.6 Å². The van der Waals surface area contributed by atoms with Crippen molar-refractivity contribution in [2.75, 3.05) is 51.0 Å². The molecule has 1 aliphatic rings. The molecule has 0 aromatic heterocycles. The third kappa shape index (κ3) is 10.1. The van der Waals surface area contributed by atoms with E-state index in [-0.39, 0.29) is 10.6 Å². The standard InChI is InChI=1S/C14H21N3O3.C7H8S.C2H6/c1-12-3-4-13(14(11-12)17(18)19)15-5-2-6-16-7-9-20-10-8-16;1-8-7-5-3-2-4-6-7;1-2/h3-4,11,15H,2,5-10H2,1H3;2-6H,1H3;1-2H3. The van der Waals surface area contributed by atoms with Crippen molar-refractivity contribution in [3.05, 3.63) is 64.2 Å². The number of nitrogens with zero attached hydrogens (tertiary/aromatic N) is 2. The van der Waals surface area contributed by atoms with Gasteiger partial charge in [0.1, 0.15) is 5.69 Å². The Labute approximate surface area is 185 Å². The molecule has 1 heterocycles. The summed E-state index contributed by atoms with van der Waals surface area (Å²) >= 11 is 1.77. The maximum absolute atomic E-state index is 11.0. The number of benzene rings is 2. The average Bonchev–Trinajstić information content (AvgIpc) is 2.80. The minimum Gasteiger partial charge on any atom is -0.379 e. The zero-order valence-corrected chi connectivity index (χ0v) is 19.4. The lowest BCUT2D eigenvalue weighted by molar-refractivity contribution is -0.384. The Bertz CT molecular complexity index is 723. The summed E-state index contributed by atoms with van der Waals surface area (Å²) in [6.45, 7) is 11.1. The summed E-state index contributed by atoms with van der Waals surface area (Å²) in [5, 5.41) is 14.2. The summed E-state index contributed by atoms with van der Waals surface area (Å²) in [6, 6.07) is 15.6. The third-order valence-electron chi connectivity index (χ3n) is 4.40. The molecular formula is C23H35N3O3S. The molecule has 7 heteroatoms. The van der Waals surface area contributed by atoms with Crippen LogP contribution in [0.15, 0.2) is 53.4 Å². The second-order valence-electron chi connectivity index (χ2n) is 6.53. The van der Waals surface area contributed by atoms with Gasteiger partial charge in [-0.25, -0.2) is 0 Å². The highest BCUT2D eigenvalue weighted by molar-refractivity contribution is 7.98. The molecule has 0 unspecified atom stereocenters. The van der Waals surface area contributed by atoms with E-state index in [2.05, 4.69) is 28.6 Å². The Hall–Kier alpha value is -2.09. The SMILES string of the molecule is CC.CSc1ccccc1.Cc1ccc(NCCCN2CCOCC2)c([N+](=O)[O-])c1. The van der Waals surface area contributed by atoms with Crippen molar-refractivity contribution in [2.24, 2.45) is 0 Å². The van der Waals surface area contributed by atoms with E-state index in [0.717, 1.165) is 51.4 Å². The van der Waals surface area contributed by atoms with Crippen molar-refractivity contribution in [2.45, 2.75) is 32.1 Å². The Morgan fingerprint density at radius 3 is 2.37 bits per heavy atom. The highest BCUT2D eigenvalue weighted by Crippen LogP contribution is 2.25. The minimum atomic E-state index is -0.336. The lowest BCUT2D eigenvalue weighted by atomic mass is 10.2. The smallest absolute Gasteiger partial charge is 0.292 e. The van der Waals surface area contributed by atoms with Crippen LogP contribution >= 0.6 is 11.8 Å². The molecule has 6 nitrogen and oxygen atoms in total. The van der Waals surface area contributed by atoms with Gasteiger partial charge in [-0.3, -0.25) is 15.0 Å². The van der Waals surface area contributed by atoms with Gasteiger partial charge in [-0.1, -0.05) is 38.1 Å². The molecule has 0 radical (unpaired) electrons. The van der Waals surface area contributed by atoms with Crippen LogP contribution in [0.3, 0.4) is 0 Å². The molecule has 1 N–H and O–H groups in total. The van der Waals surface area contributed by atoms with E-state index in [9.17, 15) is 10.1 Å². The quantitative estimate of drug-likeness (QED) is 0.270. The number of nitrogens with one attached hydrogen (secondary N) is 1. The van der Waals surface area contributed by atoms with E-state index in [0.29, 0.717) is 5.69 Å². The summed E-state index contributed by atoms with van der Waals surface area (Å²) < 4.78 is 5.30. The Balaban J connectivity index is 0.000000375. The van der Waals surface area contributed by atoms with E-state index >= 15 is 0 Å². The van der Waals surface area contributed by atoms with Crippen LogP contribution in [0.25, 0.3) is 0 Å². The van der Waals surface area contributed by atoms with Gasteiger partial charge < -0.3 is 10.1 Å². The second kappa shape index (κ2) is 15.7. The van der Waals surface area contributed by atoms with Crippen LogP contribution in [0.5, 0.6) is 0 Å². The first-order valence-electron chi connectivity index (χ1n) is 10.5. The highest BCUT2D eigenvalue weighted by Gasteiger charge is 2.13. The number of aryl methyl sites for hydroxylation is 1. The summed E-state index contributed by atoms with van der Waals surface area (Å²) in [5.41, 5.74) is 1.65. The van der Waals surface area contributed by atoms with Crippen LogP contribution in [-0.2, 0) is 4.74 Å². The van der Waals surface area contributed by atoms with Gasteiger partial charge in [0.15, 0.2) is 0 Å². The maximum Gasteiger partial charge on any atom is 0.292 e. The zero-order valence-electron chi connectivity index (χ0n) is 18.6. The average molecular weight is 434 g/mol. The number of thioether (sulfide) groups is 1. The molecule has 2 aromatic carbocycles. The van der Waals surface area contributed by atoms with E-state index in [1.165, 1.54) is 4.90 Å². The first kappa shape index (κ1) is 25.9. The highest BCUT2D eigenvalue weighted by atomic mass is 32.2. The monoisotopic (exact) mass is 433 g/mol. The van der Waals surface area contributed by atoms with Crippen LogP contribution in [0.4, 0.5) is 11.4 Å². The normalized spacial score (nSPS) is 13.3. The van der Waals surface area contributed by atoms with Crippen molar-refractivity contribution in [1.29, 1.82) is 0 Å². The largest absolute Gasteiger partial charge is 0.379 e. The minimum absolute atomic E-state index is 0.149. The first-order chi connectivity index (χ1) is 14.6. The maximum atomic E-state index is 11.0. The van der Waals surface area contributed by atoms with Gasteiger partial charge in [0, 0.05) is 30.6 Å². The number of ether oxygens (including phenoxy) is 1. The van der Waals surface area contributed by atoms with Crippen LogP contribution in [-0.4, -0.2) is 55.5 Å². The van der Waals surface area contributed by atoms with Gasteiger partial charge in [-0.15, -0.1) is 11.8 Å². The van der Waals surface area contributed by atoms with Crippen LogP contribution in [0.1, 0.15) is 25.8 Å². The number of nitro groups is 1. The number of rotatable bonds is 7. The molecule has 1 fully saturated rings. The molecule has 0 bridgehead atoms. The molecule has 30 heavy (non-hydrogen) atoms. The number of hydrogen-bond donors (Lipinski definition) is 1. The summed E-state index contributed by atoms with van der Waals surface area (Å²) in [4.78, 5) is 14.3. The van der Waals surface area contributed by atoms with Crippen molar-refractivity contribution in [3.8, 4) is 0 Å². The first-order valence-corrected chi connectivity index (χ1v) is 11.7. The predicted octanol–water partition coefficient (Wildman–Crippen LogP) is 5.47. The van der Waals surface area contributed by atoms with Crippen molar-refractivity contribution < 1.29 is 9.66 Å². The summed E-state index contributed by atoms with van der Waals surface area (Å²) in [5.74, 6) is 0. The lowest BCUT2D eigenvalue weighted by Gasteiger charge is -2.26. The third-order valence-corrected chi connectivity index (χ3v) is 5.14. The van der Waals surface area contributed by atoms with Gasteiger partial charge in [0.05, 0.1) is 18.1 Å². The molecule has 0 atom stereocenters. The van der Waals surface area contributed by atoms with Crippen LogP contribution < -0.4 is 5.32 Å². The van der Waals surface area contributed by atoms with Crippen LogP contribution in [0, 0.1) is 17.0 Å². The second-order valence-corrected chi connectivity index (χ2v) is 7.41. The number of morpholine rings is 1. The molecule has 0 spiro atoms. The number of nitro benzene ring substituents is 1. The van der Waals surface area contributed by atoms with Gasteiger partial charge >= 0.3 is 0 Å².